The molecule has 0 saturated heterocycles. The van der Waals surface area contributed by atoms with Gasteiger partial charge in [-0.3, -0.25) is 0 Å². The summed E-state index contributed by atoms with van der Waals surface area (Å²) in [6.45, 7) is 3.34. The van der Waals surface area contributed by atoms with E-state index in [-0.39, 0.29) is 17.2 Å². The number of benzene rings is 1. The van der Waals surface area contributed by atoms with Crippen LogP contribution in [0.1, 0.15) is 24.2 Å². The second kappa shape index (κ2) is 6.61. The number of hydrogen-bond donors (Lipinski definition) is 0. The van der Waals surface area contributed by atoms with Gasteiger partial charge in [0.2, 0.25) is 0 Å². The second-order valence-electron chi connectivity index (χ2n) is 3.43. The van der Waals surface area contributed by atoms with Crippen LogP contribution in [0.25, 0.3) is 0 Å². The lowest BCUT2D eigenvalue weighted by Crippen LogP contribution is -2.26. The SMILES string of the molecule is CCOC(=O)[C@H](C)OC(=O)c1ccc(Cl)c(Cl)c1. The van der Waals surface area contributed by atoms with E-state index in [0.29, 0.717) is 5.02 Å². The van der Waals surface area contributed by atoms with Gasteiger partial charge in [0.05, 0.1) is 22.2 Å². The fourth-order valence-electron chi connectivity index (χ4n) is 1.16. The van der Waals surface area contributed by atoms with Crippen molar-refractivity contribution in [3.05, 3.63) is 33.8 Å². The minimum atomic E-state index is -0.966. The molecule has 1 atom stereocenters. The summed E-state index contributed by atoms with van der Waals surface area (Å²) in [5, 5.41) is 0.585. The van der Waals surface area contributed by atoms with Gasteiger partial charge in [-0.1, -0.05) is 23.2 Å². The summed E-state index contributed by atoms with van der Waals surface area (Å²) >= 11 is 11.5. The molecule has 0 aliphatic rings. The minimum Gasteiger partial charge on any atom is -0.463 e. The van der Waals surface area contributed by atoms with Gasteiger partial charge < -0.3 is 9.47 Å². The molecule has 1 rings (SSSR count). The molecule has 0 spiro atoms. The van der Waals surface area contributed by atoms with Gasteiger partial charge in [-0.05, 0) is 32.0 Å². The van der Waals surface area contributed by atoms with Gasteiger partial charge >= 0.3 is 11.9 Å². The highest BCUT2D eigenvalue weighted by Gasteiger charge is 2.20. The summed E-state index contributed by atoms with van der Waals surface area (Å²) in [6, 6.07) is 4.33. The van der Waals surface area contributed by atoms with Gasteiger partial charge in [0, 0.05) is 0 Å². The molecule has 0 bridgehead atoms. The molecular formula is C12H12Cl2O4. The van der Waals surface area contributed by atoms with Crippen LogP contribution in [0.15, 0.2) is 18.2 Å². The van der Waals surface area contributed by atoms with Gasteiger partial charge in [-0.15, -0.1) is 0 Å². The first-order chi connectivity index (χ1) is 8.45. The quantitative estimate of drug-likeness (QED) is 0.800. The predicted molar refractivity (Wildman–Crippen MR) is 68.0 cm³/mol. The lowest BCUT2D eigenvalue weighted by Gasteiger charge is -2.12. The van der Waals surface area contributed by atoms with Gasteiger partial charge in [0.1, 0.15) is 0 Å². The maximum Gasteiger partial charge on any atom is 0.347 e. The molecule has 0 radical (unpaired) electrons. The van der Waals surface area contributed by atoms with Gasteiger partial charge in [0.25, 0.3) is 0 Å². The first-order valence-electron chi connectivity index (χ1n) is 5.28. The van der Waals surface area contributed by atoms with Crippen LogP contribution in [0, 0.1) is 0 Å². The largest absolute Gasteiger partial charge is 0.463 e. The highest BCUT2D eigenvalue weighted by atomic mass is 35.5. The molecule has 1 aromatic carbocycles. The van der Waals surface area contributed by atoms with Gasteiger partial charge in [0.15, 0.2) is 6.10 Å². The number of hydrogen-bond acceptors (Lipinski definition) is 4. The molecule has 6 heteroatoms. The van der Waals surface area contributed by atoms with Crippen molar-refractivity contribution in [2.45, 2.75) is 20.0 Å². The van der Waals surface area contributed by atoms with Crippen LogP contribution in [0.3, 0.4) is 0 Å². The summed E-state index contributed by atoms with van der Waals surface area (Å²) in [5.41, 5.74) is 0.223. The Balaban J connectivity index is 2.70. The minimum absolute atomic E-state index is 0.223. The highest BCUT2D eigenvalue weighted by Crippen LogP contribution is 2.23. The summed E-state index contributed by atoms with van der Waals surface area (Å²) < 4.78 is 9.65. The molecule has 98 valence electrons. The van der Waals surface area contributed by atoms with Crippen molar-refractivity contribution >= 4 is 35.1 Å². The van der Waals surface area contributed by atoms with Crippen molar-refractivity contribution in [1.29, 1.82) is 0 Å². The van der Waals surface area contributed by atoms with E-state index in [0.717, 1.165) is 0 Å². The fraction of sp³-hybridized carbons (Fsp3) is 0.333. The molecule has 4 nitrogen and oxygen atoms in total. The predicted octanol–water partition coefficient (Wildman–Crippen LogP) is 3.10. The highest BCUT2D eigenvalue weighted by molar-refractivity contribution is 6.42. The van der Waals surface area contributed by atoms with Crippen molar-refractivity contribution in [2.24, 2.45) is 0 Å². The maximum absolute atomic E-state index is 11.7. The van der Waals surface area contributed by atoms with E-state index in [1.807, 2.05) is 0 Å². The first-order valence-corrected chi connectivity index (χ1v) is 6.04. The Morgan fingerprint density at radius 3 is 2.50 bits per heavy atom. The number of halogens is 2. The molecule has 0 aliphatic carbocycles. The summed E-state index contributed by atoms with van der Waals surface area (Å²) in [4.78, 5) is 23.0. The fourth-order valence-corrected chi connectivity index (χ4v) is 1.46. The van der Waals surface area contributed by atoms with Crippen molar-refractivity contribution in [3.63, 3.8) is 0 Å². The van der Waals surface area contributed by atoms with E-state index in [1.165, 1.54) is 25.1 Å². The van der Waals surface area contributed by atoms with E-state index in [2.05, 4.69) is 0 Å². The second-order valence-corrected chi connectivity index (χ2v) is 4.24. The molecule has 1 aromatic rings. The number of carbonyl (C=O) groups excluding carboxylic acids is 2. The molecule has 0 amide bonds. The Bertz CT molecular complexity index is 459. The third-order valence-electron chi connectivity index (χ3n) is 2.06. The average molecular weight is 291 g/mol. The number of esters is 2. The average Bonchev–Trinajstić information content (AvgIpc) is 2.32. The van der Waals surface area contributed by atoms with Crippen LogP contribution in [0.5, 0.6) is 0 Å². The summed E-state index contributed by atoms with van der Waals surface area (Å²) in [7, 11) is 0. The Hall–Kier alpha value is -1.26. The van der Waals surface area contributed by atoms with Gasteiger partial charge in [-0.25, -0.2) is 9.59 Å². The lowest BCUT2D eigenvalue weighted by molar-refractivity contribution is -0.152. The van der Waals surface area contributed by atoms with Crippen LogP contribution < -0.4 is 0 Å². The normalized spacial score (nSPS) is 11.8. The van der Waals surface area contributed by atoms with E-state index in [1.54, 1.807) is 6.92 Å². The van der Waals surface area contributed by atoms with E-state index < -0.39 is 18.0 Å². The zero-order chi connectivity index (χ0) is 13.7. The molecule has 0 aliphatic heterocycles. The number of carbonyl (C=O) groups is 2. The Labute approximate surface area is 115 Å². The van der Waals surface area contributed by atoms with Crippen LogP contribution in [-0.4, -0.2) is 24.6 Å². The Kier molecular flexibility index (Phi) is 5.44. The molecule has 0 N–H and O–H groups in total. The zero-order valence-corrected chi connectivity index (χ0v) is 11.4. The lowest BCUT2D eigenvalue weighted by atomic mass is 10.2. The molecule has 0 heterocycles. The van der Waals surface area contributed by atoms with Crippen molar-refractivity contribution in [3.8, 4) is 0 Å². The van der Waals surface area contributed by atoms with Crippen molar-refractivity contribution in [2.75, 3.05) is 6.61 Å². The van der Waals surface area contributed by atoms with Crippen LogP contribution in [0.4, 0.5) is 0 Å². The molecule has 0 saturated carbocycles. The zero-order valence-electron chi connectivity index (χ0n) is 9.91. The standard InChI is InChI=1S/C12H12Cl2O4/c1-3-17-11(15)7(2)18-12(16)8-4-5-9(13)10(14)6-8/h4-7H,3H2,1-2H3/t7-/m0/s1. The van der Waals surface area contributed by atoms with Crippen LogP contribution >= 0.6 is 23.2 Å². The third-order valence-corrected chi connectivity index (χ3v) is 2.80. The van der Waals surface area contributed by atoms with Crippen LogP contribution in [-0.2, 0) is 14.3 Å². The summed E-state index contributed by atoms with van der Waals surface area (Å²) in [6.07, 6.45) is -0.966. The third kappa shape index (κ3) is 3.89. The summed E-state index contributed by atoms with van der Waals surface area (Å²) in [5.74, 6) is -1.25. The molecule has 0 aromatic heterocycles. The Morgan fingerprint density at radius 1 is 1.28 bits per heavy atom. The smallest absolute Gasteiger partial charge is 0.347 e. The molecular weight excluding hydrogens is 279 g/mol. The first kappa shape index (κ1) is 14.8. The van der Waals surface area contributed by atoms with Gasteiger partial charge in [-0.2, -0.15) is 0 Å². The topological polar surface area (TPSA) is 52.6 Å². The van der Waals surface area contributed by atoms with E-state index in [9.17, 15) is 9.59 Å². The molecule has 0 unspecified atom stereocenters. The molecule has 0 fully saturated rings. The number of ether oxygens (including phenoxy) is 2. The Morgan fingerprint density at radius 2 is 1.94 bits per heavy atom. The van der Waals surface area contributed by atoms with E-state index in [4.69, 9.17) is 32.7 Å². The van der Waals surface area contributed by atoms with E-state index >= 15 is 0 Å². The van der Waals surface area contributed by atoms with Crippen LogP contribution in [0.2, 0.25) is 10.0 Å². The maximum atomic E-state index is 11.7. The van der Waals surface area contributed by atoms with Crippen molar-refractivity contribution in [1.82, 2.24) is 0 Å². The molecule has 18 heavy (non-hydrogen) atoms. The number of rotatable bonds is 4. The monoisotopic (exact) mass is 290 g/mol. The van der Waals surface area contributed by atoms with Crippen molar-refractivity contribution < 1.29 is 19.1 Å².